The Morgan fingerprint density at radius 1 is 1.26 bits per heavy atom. The van der Waals surface area contributed by atoms with Gasteiger partial charge in [0.1, 0.15) is 11.5 Å². The number of rotatable bonds is 8. The van der Waals surface area contributed by atoms with Crippen molar-refractivity contribution < 1.29 is 39.2 Å². The molecule has 0 saturated carbocycles. The van der Waals surface area contributed by atoms with Crippen LogP contribution in [-0.4, -0.2) is 69.3 Å². The number of nitrogens with zero attached hydrogens (tertiary/aromatic N) is 1. The number of carboxylic acids is 1. The van der Waals surface area contributed by atoms with E-state index in [4.69, 9.17) is 14.6 Å². The number of hydrogen-bond acceptors (Lipinski definition) is 8. The summed E-state index contributed by atoms with van der Waals surface area (Å²) in [5.74, 6) is -1.23. The lowest BCUT2D eigenvalue weighted by Crippen LogP contribution is -2.74. The van der Waals surface area contributed by atoms with E-state index in [-0.39, 0.29) is 44.1 Å². The Balaban J connectivity index is 1.43. The van der Waals surface area contributed by atoms with Crippen molar-refractivity contribution in [1.82, 2.24) is 4.90 Å². The van der Waals surface area contributed by atoms with Crippen LogP contribution in [0.3, 0.4) is 0 Å². The minimum Gasteiger partial charge on any atom is -0.481 e. The summed E-state index contributed by atoms with van der Waals surface area (Å²) in [5, 5.41) is 30.7. The molecule has 0 amide bonds. The van der Waals surface area contributed by atoms with Crippen molar-refractivity contribution in [3.8, 4) is 5.75 Å². The molecule has 35 heavy (non-hydrogen) atoms. The van der Waals surface area contributed by atoms with Gasteiger partial charge in [-0.05, 0) is 50.6 Å². The summed E-state index contributed by atoms with van der Waals surface area (Å²) in [5.41, 5.74) is 0.679. The summed E-state index contributed by atoms with van der Waals surface area (Å²) in [6.07, 6.45) is 4.75. The van der Waals surface area contributed by atoms with E-state index < -0.39 is 29.1 Å². The molecule has 9 nitrogen and oxygen atoms in total. The average Bonchev–Trinajstić information content (AvgIpc) is 3.17. The van der Waals surface area contributed by atoms with Gasteiger partial charge in [-0.25, -0.2) is 4.79 Å². The highest BCUT2D eigenvalue weighted by Crippen LogP contribution is 2.64. The summed E-state index contributed by atoms with van der Waals surface area (Å²) >= 11 is 0. The van der Waals surface area contributed by atoms with Crippen LogP contribution in [0, 0.1) is 0 Å². The standard InChI is InChI=1S/C26H29NO8/c1-27-12-11-25-22-15-5-6-16(14-28)23(22)35-24(25)18(9-10-26(25,33)19(27)13-15)34-21(32)8-7-17(29)3-2-4-20(30)31/h5-9,19,24,28,33H,2-4,10-14H2,1H3,(H,30,31)/b8-7+/t19-,24?,25?,26-/m1/s1. The number of hydrogen-bond donors (Lipinski definition) is 3. The summed E-state index contributed by atoms with van der Waals surface area (Å²) < 4.78 is 12.0. The summed E-state index contributed by atoms with van der Waals surface area (Å²) in [6, 6.07) is 3.71. The fourth-order valence-corrected chi connectivity index (χ4v) is 6.44. The maximum Gasteiger partial charge on any atom is 0.336 e. The molecule has 186 valence electrons. The molecule has 1 aromatic rings. The molecular formula is C26H29NO8. The summed E-state index contributed by atoms with van der Waals surface area (Å²) in [7, 11) is 2.01. The number of aliphatic hydroxyl groups is 2. The molecule has 4 atom stereocenters. The van der Waals surface area contributed by atoms with Crippen molar-refractivity contribution in [3.63, 3.8) is 0 Å². The van der Waals surface area contributed by atoms with Crippen LogP contribution in [0.5, 0.6) is 5.75 Å². The number of allylic oxidation sites excluding steroid dienone is 1. The van der Waals surface area contributed by atoms with E-state index in [9.17, 15) is 24.6 Å². The molecule has 0 radical (unpaired) electrons. The van der Waals surface area contributed by atoms with Gasteiger partial charge in [0.15, 0.2) is 11.9 Å². The first-order valence-corrected chi connectivity index (χ1v) is 11.9. The number of esters is 1. The third kappa shape index (κ3) is 3.52. The molecular weight excluding hydrogens is 454 g/mol. The van der Waals surface area contributed by atoms with Gasteiger partial charge in [0, 0.05) is 42.5 Å². The van der Waals surface area contributed by atoms with Crippen LogP contribution in [0.25, 0.3) is 0 Å². The molecule has 2 unspecified atom stereocenters. The number of likely N-dealkylation sites (N-methyl/N-ethyl adjacent to an activating group) is 1. The lowest BCUT2D eigenvalue weighted by Gasteiger charge is -2.61. The number of carbonyl (C=O) groups excluding carboxylic acids is 2. The van der Waals surface area contributed by atoms with Gasteiger partial charge in [-0.1, -0.05) is 12.1 Å². The fraction of sp³-hybridized carbons (Fsp3) is 0.500. The molecule has 1 saturated heterocycles. The number of aliphatic carboxylic acids is 1. The van der Waals surface area contributed by atoms with Crippen LogP contribution in [-0.2, 0) is 37.6 Å². The normalized spacial score (nSPS) is 30.4. The largest absolute Gasteiger partial charge is 0.481 e. The number of likely N-dealkylation sites (tertiary alicyclic amines) is 1. The van der Waals surface area contributed by atoms with Crippen molar-refractivity contribution in [2.24, 2.45) is 0 Å². The third-order valence-electron chi connectivity index (χ3n) is 8.06. The highest BCUT2D eigenvalue weighted by molar-refractivity contribution is 5.96. The van der Waals surface area contributed by atoms with E-state index in [1.54, 1.807) is 6.08 Å². The Bertz CT molecular complexity index is 1160. The molecule has 2 aliphatic carbocycles. The molecule has 3 N–H and O–H groups in total. The van der Waals surface area contributed by atoms with Crippen LogP contribution in [0.2, 0.25) is 0 Å². The highest BCUT2D eigenvalue weighted by atomic mass is 16.6. The molecule has 2 aliphatic heterocycles. The predicted molar refractivity (Wildman–Crippen MR) is 123 cm³/mol. The van der Waals surface area contributed by atoms with Crippen LogP contribution in [0.1, 0.15) is 48.8 Å². The Morgan fingerprint density at radius 2 is 2.06 bits per heavy atom. The first-order chi connectivity index (χ1) is 16.7. The molecule has 1 aromatic carbocycles. The highest BCUT2D eigenvalue weighted by Gasteiger charge is 2.71. The van der Waals surface area contributed by atoms with Gasteiger partial charge in [0.05, 0.1) is 17.6 Å². The average molecular weight is 484 g/mol. The maximum atomic E-state index is 12.6. The van der Waals surface area contributed by atoms with E-state index in [1.165, 1.54) is 0 Å². The first-order valence-electron chi connectivity index (χ1n) is 11.9. The second-order valence-corrected chi connectivity index (χ2v) is 9.87. The SMILES string of the molecule is CN1CCC23c4c5ccc(CO)c4OC2C(OC(=O)/C=C/C(=O)CCCC(=O)O)=CC[C@@]3(O)[C@H]1C5. The predicted octanol–water partition coefficient (Wildman–Crippen LogP) is 1.38. The zero-order chi connectivity index (χ0) is 25.0. The van der Waals surface area contributed by atoms with Crippen molar-refractivity contribution in [3.05, 3.63) is 52.8 Å². The lowest BCUT2D eigenvalue weighted by atomic mass is 9.50. The maximum absolute atomic E-state index is 12.6. The molecule has 0 aromatic heterocycles. The second-order valence-electron chi connectivity index (χ2n) is 9.87. The number of aliphatic hydroxyl groups excluding tert-OH is 1. The van der Waals surface area contributed by atoms with Gasteiger partial charge in [-0.3, -0.25) is 9.59 Å². The minimum atomic E-state index is -1.12. The number of benzene rings is 1. The first kappa shape index (κ1) is 23.7. The molecule has 9 heteroatoms. The van der Waals surface area contributed by atoms with Gasteiger partial charge in [0.2, 0.25) is 0 Å². The summed E-state index contributed by atoms with van der Waals surface area (Å²) in [4.78, 5) is 37.3. The van der Waals surface area contributed by atoms with Crippen LogP contribution >= 0.6 is 0 Å². The van der Waals surface area contributed by atoms with Gasteiger partial charge in [-0.15, -0.1) is 0 Å². The topological polar surface area (TPSA) is 134 Å². The van der Waals surface area contributed by atoms with E-state index in [2.05, 4.69) is 4.90 Å². The van der Waals surface area contributed by atoms with Crippen molar-refractivity contribution in [1.29, 1.82) is 0 Å². The smallest absolute Gasteiger partial charge is 0.336 e. The van der Waals surface area contributed by atoms with Crippen LogP contribution in [0.15, 0.2) is 36.1 Å². The number of piperidine rings is 1. The van der Waals surface area contributed by atoms with E-state index in [0.29, 0.717) is 29.9 Å². The van der Waals surface area contributed by atoms with Gasteiger partial charge >= 0.3 is 11.9 Å². The van der Waals surface area contributed by atoms with Gasteiger partial charge < -0.3 is 29.7 Å². The molecule has 5 rings (SSSR count). The molecule has 2 heterocycles. The number of carbonyl (C=O) groups is 3. The van der Waals surface area contributed by atoms with E-state index in [0.717, 1.165) is 29.8 Å². The van der Waals surface area contributed by atoms with E-state index >= 15 is 0 Å². The lowest BCUT2D eigenvalue weighted by molar-refractivity contribution is -0.168. The number of carboxylic acid groups (broad SMARTS) is 1. The van der Waals surface area contributed by atoms with Crippen molar-refractivity contribution in [2.75, 3.05) is 13.6 Å². The second kappa shape index (κ2) is 8.58. The Kier molecular flexibility index (Phi) is 5.82. The van der Waals surface area contributed by atoms with Crippen LogP contribution in [0.4, 0.5) is 0 Å². The molecule has 4 aliphatic rings. The molecule has 1 fully saturated rings. The Hall–Kier alpha value is -3.01. The summed E-state index contributed by atoms with van der Waals surface area (Å²) in [6.45, 7) is 0.528. The zero-order valence-corrected chi connectivity index (χ0v) is 19.5. The molecule has 1 spiro atoms. The Labute approximate surface area is 202 Å². The third-order valence-corrected chi connectivity index (χ3v) is 8.06. The fourth-order valence-electron chi connectivity index (χ4n) is 6.44. The van der Waals surface area contributed by atoms with E-state index in [1.807, 2.05) is 19.2 Å². The van der Waals surface area contributed by atoms with Gasteiger partial charge in [0.25, 0.3) is 0 Å². The number of ketones is 1. The molecule has 2 bridgehead atoms. The monoisotopic (exact) mass is 483 g/mol. The van der Waals surface area contributed by atoms with Crippen molar-refractivity contribution in [2.45, 2.75) is 68.3 Å². The Morgan fingerprint density at radius 3 is 2.80 bits per heavy atom. The quantitative estimate of drug-likeness (QED) is 0.370. The number of ether oxygens (including phenoxy) is 2. The van der Waals surface area contributed by atoms with Gasteiger partial charge in [-0.2, -0.15) is 0 Å². The van der Waals surface area contributed by atoms with Crippen LogP contribution < -0.4 is 4.74 Å². The van der Waals surface area contributed by atoms with Crippen molar-refractivity contribution >= 4 is 17.7 Å². The zero-order valence-electron chi connectivity index (χ0n) is 19.5. The minimum absolute atomic E-state index is 0.0254.